The Balaban J connectivity index is 0.00000256. The van der Waals surface area contributed by atoms with Crippen molar-refractivity contribution in [1.29, 1.82) is 0 Å². The van der Waals surface area contributed by atoms with Crippen LogP contribution in [0.25, 0.3) is 0 Å². The Morgan fingerprint density at radius 1 is 1.20 bits per heavy atom. The van der Waals surface area contributed by atoms with Gasteiger partial charge in [-0.25, -0.2) is 9.07 Å². The van der Waals surface area contributed by atoms with Crippen LogP contribution in [0.4, 0.5) is 4.39 Å². The normalized spacial score (nSPS) is 16.2. The van der Waals surface area contributed by atoms with Crippen molar-refractivity contribution >= 4 is 18.3 Å². The van der Waals surface area contributed by atoms with E-state index in [-0.39, 0.29) is 30.2 Å². The highest BCUT2D eigenvalue weighted by atomic mass is 35.5. The molecule has 1 aromatic heterocycles. The molecule has 0 aliphatic carbocycles. The summed E-state index contributed by atoms with van der Waals surface area (Å²) in [5, 5.41) is 11.5. The Morgan fingerprint density at radius 2 is 2.00 bits per heavy atom. The Morgan fingerprint density at radius 3 is 2.73 bits per heavy atom. The summed E-state index contributed by atoms with van der Waals surface area (Å²) in [6.07, 6.45) is 2.62. The van der Waals surface area contributed by atoms with Crippen molar-refractivity contribution < 1.29 is 9.18 Å². The van der Waals surface area contributed by atoms with Crippen LogP contribution in [0.1, 0.15) is 40.1 Å². The van der Waals surface area contributed by atoms with Crippen LogP contribution in [0.5, 0.6) is 0 Å². The highest BCUT2D eigenvalue weighted by Gasteiger charge is 2.30. The summed E-state index contributed by atoms with van der Waals surface area (Å²) in [5.74, 6) is -0.432. The van der Waals surface area contributed by atoms with E-state index in [1.165, 1.54) is 17.7 Å². The largest absolute Gasteiger partial charge is 0.328 e. The topological polar surface area (TPSA) is 63.1 Å². The molecule has 6 nitrogen and oxygen atoms in total. The number of rotatable bonds is 5. The van der Waals surface area contributed by atoms with Crippen LogP contribution in [-0.2, 0) is 13.0 Å². The Labute approximate surface area is 181 Å². The lowest BCUT2D eigenvalue weighted by Gasteiger charge is -2.36. The summed E-state index contributed by atoms with van der Waals surface area (Å²) < 4.78 is 15.0. The molecule has 2 aromatic carbocycles. The molecule has 1 unspecified atom stereocenters. The first-order chi connectivity index (χ1) is 14.1. The van der Waals surface area contributed by atoms with E-state index in [0.29, 0.717) is 25.3 Å². The number of carbonyl (C=O) groups excluding carboxylic acids is 1. The summed E-state index contributed by atoms with van der Waals surface area (Å²) in [6, 6.07) is 14.7. The van der Waals surface area contributed by atoms with E-state index in [1.54, 1.807) is 16.9 Å². The maximum Gasteiger partial charge on any atom is 0.276 e. The molecule has 0 radical (unpaired) electrons. The average molecular weight is 430 g/mol. The van der Waals surface area contributed by atoms with Crippen LogP contribution >= 0.6 is 12.4 Å². The van der Waals surface area contributed by atoms with Gasteiger partial charge in [0.25, 0.3) is 5.91 Å². The molecule has 1 atom stereocenters. The van der Waals surface area contributed by atoms with Crippen LogP contribution in [0.15, 0.2) is 54.7 Å². The van der Waals surface area contributed by atoms with Crippen molar-refractivity contribution in [3.8, 4) is 0 Å². The van der Waals surface area contributed by atoms with Gasteiger partial charge in [-0.1, -0.05) is 48.5 Å². The highest BCUT2D eigenvalue weighted by molar-refractivity contribution is 5.92. The number of aromatic nitrogens is 3. The first-order valence-electron chi connectivity index (χ1n) is 9.89. The predicted octanol–water partition coefficient (Wildman–Crippen LogP) is 3.24. The lowest BCUT2D eigenvalue weighted by atomic mass is 10.0. The van der Waals surface area contributed by atoms with E-state index in [4.69, 9.17) is 0 Å². The smallest absolute Gasteiger partial charge is 0.276 e. The van der Waals surface area contributed by atoms with Crippen LogP contribution in [-0.4, -0.2) is 45.4 Å². The number of carbonyl (C=O) groups is 1. The van der Waals surface area contributed by atoms with Crippen LogP contribution < -0.4 is 5.32 Å². The molecule has 1 N–H and O–H groups in total. The number of hydrogen-bond acceptors (Lipinski definition) is 4. The molecule has 0 saturated carbocycles. The van der Waals surface area contributed by atoms with E-state index in [2.05, 4.69) is 46.8 Å². The van der Waals surface area contributed by atoms with Gasteiger partial charge in [0, 0.05) is 19.6 Å². The third-order valence-electron chi connectivity index (χ3n) is 5.27. The predicted molar refractivity (Wildman–Crippen MR) is 115 cm³/mol. The lowest BCUT2D eigenvalue weighted by Crippen LogP contribution is -2.48. The molecular weight excluding hydrogens is 405 g/mol. The standard InChI is InChI=1S/C22H24FN5O.ClH/c1-2-16-6-8-18(9-7-16)21-13-24-10-11-28(21)22(29)20-15-27(26-25-20)14-17-4-3-5-19(23)12-17;/h3-9,12,15,21,24H,2,10-11,13-14H2,1H3;1H. The number of amides is 1. The molecule has 3 aromatic rings. The number of halogens is 2. The van der Waals surface area contributed by atoms with Gasteiger partial charge < -0.3 is 10.2 Å². The first-order valence-corrected chi connectivity index (χ1v) is 9.89. The monoisotopic (exact) mass is 429 g/mol. The average Bonchev–Trinajstić information content (AvgIpc) is 3.22. The van der Waals surface area contributed by atoms with Crippen molar-refractivity contribution in [2.75, 3.05) is 19.6 Å². The minimum atomic E-state index is -0.295. The van der Waals surface area contributed by atoms with Gasteiger partial charge >= 0.3 is 0 Å². The van der Waals surface area contributed by atoms with Crippen LogP contribution in [0.2, 0.25) is 0 Å². The molecule has 8 heteroatoms. The third-order valence-corrected chi connectivity index (χ3v) is 5.27. The van der Waals surface area contributed by atoms with Crippen molar-refractivity contribution in [1.82, 2.24) is 25.2 Å². The van der Waals surface area contributed by atoms with Gasteiger partial charge in [0.1, 0.15) is 5.82 Å². The fraction of sp³-hybridized carbons (Fsp3) is 0.318. The number of nitrogens with zero attached hydrogens (tertiary/aromatic N) is 4. The molecule has 1 fully saturated rings. The highest BCUT2D eigenvalue weighted by Crippen LogP contribution is 2.24. The number of nitrogens with one attached hydrogen (secondary N) is 1. The van der Waals surface area contributed by atoms with Gasteiger partial charge in [-0.2, -0.15) is 0 Å². The SMILES string of the molecule is CCc1ccc(C2CNCCN2C(=O)c2cn(Cc3cccc(F)c3)nn2)cc1.Cl. The molecule has 1 amide bonds. The molecule has 1 aliphatic heterocycles. The Hall–Kier alpha value is -2.77. The second kappa shape index (κ2) is 9.82. The Kier molecular flexibility index (Phi) is 7.18. The fourth-order valence-electron chi connectivity index (χ4n) is 3.66. The summed E-state index contributed by atoms with van der Waals surface area (Å²) in [6.45, 7) is 4.54. The zero-order valence-corrected chi connectivity index (χ0v) is 17.6. The number of hydrogen-bond donors (Lipinski definition) is 1. The summed E-state index contributed by atoms with van der Waals surface area (Å²) in [5.41, 5.74) is 3.45. The van der Waals surface area contributed by atoms with Gasteiger partial charge in [-0.3, -0.25) is 4.79 Å². The van der Waals surface area contributed by atoms with Gasteiger partial charge in [0.15, 0.2) is 5.69 Å². The molecule has 30 heavy (non-hydrogen) atoms. The second-order valence-electron chi connectivity index (χ2n) is 7.24. The molecule has 4 rings (SSSR count). The van der Waals surface area contributed by atoms with E-state index in [1.807, 2.05) is 11.0 Å². The minimum absolute atomic E-state index is 0. The molecule has 2 heterocycles. The summed E-state index contributed by atoms with van der Waals surface area (Å²) in [4.78, 5) is 15.0. The summed E-state index contributed by atoms with van der Waals surface area (Å²) >= 11 is 0. The number of benzene rings is 2. The zero-order valence-electron chi connectivity index (χ0n) is 16.8. The molecule has 1 aliphatic rings. The first kappa shape index (κ1) is 21.9. The Bertz CT molecular complexity index is 991. The third kappa shape index (κ3) is 4.86. The maximum absolute atomic E-state index is 13.4. The lowest BCUT2D eigenvalue weighted by molar-refractivity contribution is 0.0628. The fourth-order valence-corrected chi connectivity index (χ4v) is 3.66. The van der Waals surface area contributed by atoms with Crippen molar-refractivity contribution in [3.63, 3.8) is 0 Å². The van der Waals surface area contributed by atoms with E-state index in [9.17, 15) is 9.18 Å². The van der Waals surface area contributed by atoms with Gasteiger partial charge in [0.05, 0.1) is 18.8 Å². The van der Waals surface area contributed by atoms with Gasteiger partial charge in [-0.15, -0.1) is 17.5 Å². The molecule has 0 bridgehead atoms. The zero-order chi connectivity index (χ0) is 20.2. The molecule has 158 valence electrons. The minimum Gasteiger partial charge on any atom is -0.328 e. The van der Waals surface area contributed by atoms with E-state index < -0.39 is 0 Å². The van der Waals surface area contributed by atoms with Crippen molar-refractivity contribution in [3.05, 3.63) is 82.9 Å². The summed E-state index contributed by atoms with van der Waals surface area (Å²) in [7, 11) is 0. The van der Waals surface area contributed by atoms with Crippen molar-refractivity contribution in [2.45, 2.75) is 25.9 Å². The van der Waals surface area contributed by atoms with E-state index >= 15 is 0 Å². The van der Waals surface area contributed by atoms with Crippen LogP contribution in [0.3, 0.4) is 0 Å². The number of aryl methyl sites for hydroxylation is 1. The molecule has 0 spiro atoms. The van der Waals surface area contributed by atoms with Crippen LogP contribution in [0, 0.1) is 5.82 Å². The molecule has 1 saturated heterocycles. The second-order valence-corrected chi connectivity index (χ2v) is 7.24. The molecular formula is C22H25ClFN5O. The number of piperazine rings is 1. The van der Waals surface area contributed by atoms with Gasteiger partial charge in [-0.05, 0) is 35.2 Å². The quantitative estimate of drug-likeness (QED) is 0.676. The van der Waals surface area contributed by atoms with Gasteiger partial charge in [0.2, 0.25) is 0 Å². The van der Waals surface area contributed by atoms with Crippen molar-refractivity contribution in [2.24, 2.45) is 0 Å². The van der Waals surface area contributed by atoms with E-state index in [0.717, 1.165) is 24.1 Å². The maximum atomic E-state index is 13.4.